The standard InChI is InChI=1S/C24H22Cl2N2O3/c1-16(31-22-13-12-18(25)14-20(22)26)24(30)28(2)21-11-7-6-10-19(21)23(29)27-15-17-8-4-3-5-9-17/h3-14,16H,15H2,1-2H3,(H,27,29). The van der Waals surface area contributed by atoms with Crippen molar-refractivity contribution in [1.82, 2.24) is 5.32 Å². The van der Waals surface area contributed by atoms with Crippen LogP contribution < -0.4 is 15.0 Å². The highest BCUT2D eigenvalue weighted by atomic mass is 35.5. The number of carbonyl (C=O) groups excluding carboxylic acids is 2. The van der Waals surface area contributed by atoms with Crippen LogP contribution in [0.3, 0.4) is 0 Å². The van der Waals surface area contributed by atoms with Crippen LogP contribution >= 0.6 is 23.2 Å². The lowest BCUT2D eigenvalue weighted by Crippen LogP contribution is -2.39. The van der Waals surface area contributed by atoms with Crippen LogP contribution in [0.25, 0.3) is 0 Å². The van der Waals surface area contributed by atoms with E-state index in [1.165, 1.54) is 4.90 Å². The average Bonchev–Trinajstić information content (AvgIpc) is 2.79. The zero-order valence-electron chi connectivity index (χ0n) is 17.1. The van der Waals surface area contributed by atoms with Gasteiger partial charge in [0, 0.05) is 18.6 Å². The van der Waals surface area contributed by atoms with Gasteiger partial charge in [0.1, 0.15) is 5.75 Å². The lowest BCUT2D eigenvalue weighted by Gasteiger charge is -2.24. The molecule has 0 fully saturated rings. The highest BCUT2D eigenvalue weighted by molar-refractivity contribution is 6.35. The van der Waals surface area contributed by atoms with Gasteiger partial charge in [0.15, 0.2) is 6.10 Å². The topological polar surface area (TPSA) is 58.6 Å². The largest absolute Gasteiger partial charge is 0.479 e. The van der Waals surface area contributed by atoms with E-state index in [4.69, 9.17) is 27.9 Å². The minimum atomic E-state index is -0.830. The fourth-order valence-electron chi connectivity index (χ4n) is 3.03. The Labute approximate surface area is 191 Å². The summed E-state index contributed by atoms with van der Waals surface area (Å²) in [5.41, 5.74) is 1.86. The molecule has 160 valence electrons. The van der Waals surface area contributed by atoms with Gasteiger partial charge in [-0.05, 0) is 42.8 Å². The van der Waals surface area contributed by atoms with Crippen molar-refractivity contribution in [2.45, 2.75) is 19.6 Å². The third kappa shape index (κ3) is 5.78. The maximum absolute atomic E-state index is 13.0. The molecule has 1 unspecified atom stereocenters. The van der Waals surface area contributed by atoms with Gasteiger partial charge < -0.3 is 15.0 Å². The number of anilines is 1. The number of nitrogens with one attached hydrogen (secondary N) is 1. The molecule has 1 atom stereocenters. The number of hydrogen-bond acceptors (Lipinski definition) is 3. The minimum absolute atomic E-state index is 0.270. The number of amides is 2. The van der Waals surface area contributed by atoms with Gasteiger partial charge in [-0.1, -0.05) is 65.7 Å². The summed E-state index contributed by atoms with van der Waals surface area (Å²) in [5, 5.41) is 3.68. The first-order valence-electron chi connectivity index (χ1n) is 9.67. The third-order valence-corrected chi connectivity index (χ3v) is 5.21. The van der Waals surface area contributed by atoms with Crippen LogP contribution in [0.15, 0.2) is 72.8 Å². The van der Waals surface area contributed by atoms with E-state index in [-0.39, 0.29) is 11.8 Å². The van der Waals surface area contributed by atoms with E-state index < -0.39 is 6.10 Å². The van der Waals surface area contributed by atoms with E-state index in [0.29, 0.717) is 33.6 Å². The highest BCUT2D eigenvalue weighted by Crippen LogP contribution is 2.29. The Morgan fingerprint density at radius 3 is 2.39 bits per heavy atom. The zero-order valence-corrected chi connectivity index (χ0v) is 18.7. The van der Waals surface area contributed by atoms with Gasteiger partial charge in [0.25, 0.3) is 11.8 Å². The molecule has 0 aliphatic carbocycles. The lowest BCUT2D eigenvalue weighted by molar-refractivity contribution is -0.124. The summed E-state index contributed by atoms with van der Waals surface area (Å²) in [5.74, 6) is -0.239. The molecule has 0 spiro atoms. The predicted molar refractivity (Wildman–Crippen MR) is 124 cm³/mol. The number of benzene rings is 3. The summed E-state index contributed by atoms with van der Waals surface area (Å²) in [4.78, 5) is 27.2. The molecule has 1 N–H and O–H groups in total. The Morgan fingerprint density at radius 2 is 1.68 bits per heavy atom. The molecule has 3 aromatic carbocycles. The van der Waals surface area contributed by atoms with Crippen molar-refractivity contribution < 1.29 is 14.3 Å². The molecule has 0 bridgehead atoms. The van der Waals surface area contributed by atoms with Crippen molar-refractivity contribution in [2.24, 2.45) is 0 Å². The number of rotatable bonds is 7. The van der Waals surface area contributed by atoms with Crippen LogP contribution in [0.4, 0.5) is 5.69 Å². The van der Waals surface area contributed by atoms with Crippen molar-refractivity contribution in [1.29, 1.82) is 0 Å². The van der Waals surface area contributed by atoms with Crippen LogP contribution in [0.2, 0.25) is 10.0 Å². The predicted octanol–water partition coefficient (Wildman–Crippen LogP) is 5.35. The Bertz CT molecular complexity index is 1070. The second-order valence-corrected chi connectivity index (χ2v) is 7.76. The summed E-state index contributed by atoms with van der Waals surface area (Å²) in [6, 6.07) is 21.3. The number of para-hydroxylation sites is 1. The molecule has 0 aliphatic rings. The van der Waals surface area contributed by atoms with E-state index in [1.807, 2.05) is 30.3 Å². The highest BCUT2D eigenvalue weighted by Gasteiger charge is 2.24. The van der Waals surface area contributed by atoms with E-state index in [2.05, 4.69) is 5.32 Å². The molecular formula is C24H22Cl2N2O3. The van der Waals surface area contributed by atoms with Gasteiger partial charge in [-0.3, -0.25) is 9.59 Å². The number of likely N-dealkylation sites (N-methyl/N-ethyl adjacent to an activating group) is 1. The van der Waals surface area contributed by atoms with Crippen molar-refractivity contribution in [3.8, 4) is 5.75 Å². The SMILES string of the molecule is CC(Oc1ccc(Cl)cc1Cl)C(=O)N(C)c1ccccc1C(=O)NCc1ccccc1. The average molecular weight is 457 g/mol. The summed E-state index contributed by atoms with van der Waals surface area (Å²) in [7, 11) is 1.61. The van der Waals surface area contributed by atoms with Crippen molar-refractivity contribution in [3.05, 3.63) is 94.0 Å². The summed E-state index contributed by atoms with van der Waals surface area (Å²) < 4.78 is 5.73. The molecule has 0 aromatic heterocycles. The second kappa shape index (κ2) is 10.3. The Morgan fingerprint density at radius 1 is 1.00 bits per heavy atom. The van der Waals surface area contributed by atoms with Gasteiger partial charge in [0.2, 0.25) is 0 Å². The molecule has 0 saturated carbocycles. The third-order valence-electron chi connectivity index (χ3n) is 4.68. The van der Waals surface area contributed by atoms with Gasteiger partial charge in [-0.25, -0.2) is 0 Å². The van der Waals surface area contributed by atoms with Gasteiger partial charge in [-0.2, -0.15) is 0 Å². The maximum atomic E-state index is 13.0. The van der Waals surface area contributed by atoms with Gasteiger partial charge in [-0.15, -0.1) is 0 Å². The Hall–Kier alpha value is -3.02. The molecule has 3 rings (SSSR count). The molecule has 0 radical (unpaired) electrons. The fraction of sp³-hybridized carbons (Fsp3) is 0.167. The molecule has 5 nitrogen and oxygen atoms in total. The molecule has 2 amide bonds. The van der Waals surface area contributed by atoms with Crippen LogP contribution in [0, 0.1) is 0 Å². The van der Waals surface area contributed by atoms with Crippen LogP contribution in [0.5, 0.6) is 5.75 Å². The van der Waals surface area contributed by atoms with Gasteiger partial charge >= 0.3 is 0 Å². The van der Waals surface area contributed by atoms with Crippen molar-refractivity contribution in [2.75, 3.05) is 11.9 Å². The summed E-state index contributed by atoms with van der Waals surface area (Å²) in [6.07, 6.45) is -0.830. The normalized spacial score (nSPS) is 11.5. The van der Waals surface area contributed by atoms with Crippen LogP contribution in [-0.2, 0) is 11.3 Å². The number of carbonyl (C=O) groups is 2. The molecule has 0 heterocycles. The Kier molecular flexibility index (Phi) is 7.55. The van der Waals surface area contributed by atoms with Crippen LogP contribution in [-0.4, -0.2) is 25.0 Å². The van der Waals surface area contributed by atoms with Gasteiger partial charge in [0.05, 0.1) is 16.3 Å². The van der Waals surface area contributed by atoms with E-state index in [0.717, 1.165) is 5.56 Å². The first-order valence-corrected chi connectivity index (χ1v) is 10.4. The maximum Gasteiger partial charge on any atom is 0.267 e. The summed E-state index contributed by atoms with van der Waals surface area (Å²) >= 11 is 12.0. The molecule has 7 heteroatoms. The number of halogens is 2. The van der Waals surface area contributed by atoms with E-state index in [9.17, 15) is 9.59 Å². The molecule has 0 saturated heterocycles. The van der Waals surface area contributed by atoms with Crippen LogP contribution in [0.1, 0.15) is 22.8 Å². The molecule has 0 aliphatic heterocycles. The number of ether oxygens (including phenoxy) is 1. The summed E-state index contributed by atoms with van der Waals surface area (Å²) in [6.45, 7) is 2.02. The molecule has 3 aromatic rings. The first-order chi connectivity index (χ1) is 14.9. The van der Waals surface area contributed by atoms with E-state index in [1.54, 1.807) is 56.4 Å². The Balaban J connectivity index is 1.72. The fourth-order valence-corrected chi connectivity index (χ4v) is 3.49. The molecular weight excluding hydrogens is 435 g/mol. The first kappa shape index (κ1) is 22.7. The van der Waals surface area contributed by atoms with Crippen molar-refractivity contribution >= 4 is 40.7 Å². The quantitative estimate of drug-likeness (QED) is 0.520. The monoisotopic (exact) mass is 456 g/mol. The second-order valence-electron chi connectivity index (χ2n) is 6.92. The number of nitrogens with zero attached hydrogens (tertiary/aromatic N) is 1. The molecule has 31 heavy (non-hydrogen) atoms. The zero-order chi connectivity index (χ0) is 22.4. The van der Waals surface area contributed by atoms with E-state index >= 15 is 0 Å². The lowest BCUT2D eigenvalue weighted by atomic mass is 10.1. The smallest absolute Gasteiger partial charge is 0.267 e. The van der Waals surface area contributed by atoms with Crippen molar-refractivity contribution in [3.63, 3.8) is 0 Å². The minimum Gasteiger partial charge on any atom is -0.479 e. The number of hydrogen-bond donors (Lipinski definition) is 1.